The molecule has 0 amide bonds. The van der Waals surface area contributed by atoms with Gasteiger partial charge < -0.3 is 14.8 Å². The summed E-state index contributed by atoms with van der Waals surface area (Å²) < 4.78 is 60.2. The predicted molar refractivity (Wildman–Crippen MR) is 104 cm³/mol. The summed E-state index contributed by atoms with van der Waals surface area (Å²) in [5, 5.41) is 8.98. The molecule has 0 fully saturated rings. The van der Waals surface area contributed by atoms with Crippen molar-refractivity contribution >= 4 is 22.7 Å². The molecule has 0 spiro atoms. The summed E-state index contributed by atoms with van der Waals surface area (Å²) in [7, 11) is 1.33. The second-order valence-corrected chi connectivity index (χ2v) is 7.35. The fourth-order valence-electron chi connectivity index (χ4n) is 2.92. The number of rotatable bonds is 6. The lowest BCUT2D eigenvalue weighted by Gasteiger charge is -2.20. The van der Waals surface area contributed by atoms with Gasteiger partial charge in [-0.25, -0.2) is 9.18 Å². The lowest BCUT2D eigenvalue weighted by atomic mass is 9.97. The Morgan fingerprint density at radius 1 is 1.17 bits per heavy atom. The van der Waals surface area contributed by atoms with Crippen molar-refractivity contribution in [2.24, 2.45) is 0 Å². The van der Waals surface area contributed by atoms with Crippen molar-refractivity contribution < 1.29 is 27.4 Å². The zero-order valence-electron chi connectivity index (χ0n) is 15.5. The number of hydrogen-bond acceptors (Lipinski definition) is 5. The minimum Gasteiger partial charge on any atom is -0.394 e. The molecular formula is C19H16F4N2O4S. The van der Waals surface area contributed by atoms with E-state index in [1.807, 2.05) is 4.98 Å². The van der Waals surface area contributed by atoms with E-state index in [1.165, 1.54) is 19.2 Å². The van der Waals surface area contributed by atoms with Crippen molar-refractivity contribution in [3.63, 3.8) is 0 Å². The second-order valence-electron chi connectivity index (χ2n) is 6.32. The van der Waals surface area contributed by atoms with Crippen LogP contribution >= 0.6 is 11.8 Å². The van der Waals surface area contributed by atoms with Crippen LogP contribution in [0.2, 0.25) is 0 Å². The zero-order chi connectivity index (χ0) is 22.1. The molecule has 6 nitrogen and oxygen atoms in total. The van der Waals surface area contributed by atoms with Crippen LogP contribution in [0, 0.1) is 5.82 Å². The van der Waals surface area contributed by atoms with Gasteiger partial charge in [0.1, 0.15) is 5.82 Å². The van der Waals surface area contributed by atoms with Gasteiger partial charge in [0.05, 0.1) is 29.2 Å². The number of aliphatic hydroxyl groups excluding tert-OH is 1. The lowest BCUT2D eigenvalue weighted by Crippen LogP contribution is -2.24. The molecule has 0 aliphatic heterocycles. The van der Waals surface area contributed by atoms with E-state index in [2.05, 4.69) is 4.98 Å². The molecule has 0 saturated carbocycles. The van der Waals surface area contributed by atoms with Crippen molar-refractivity contribution in [3.8, 4) is 11.1 Å². The van der Waals surface area contributed by atoms with Gasteiger partial charge >= 0.3 is 11.9 Å². The number of thioether (sulfide) groups is 1. The average molecular weight is 444 g/mol. The molecule has 0 aliphatic carbocycles. The molecule has 1 aromatic heterocycles. The molecule has 0 bridgehead atoms. The van der Waals surface area contributed by atoms with Gasteiger partial charge in [-0.05, 0) is 23.8 Å². The summed E-state index contributed by atoms with van der Waals surface area (Å²) in [6, 6.07) is 5.05. The first kappa shape index (κ1) is 22.1. The highest BCUT2D eigenvalue weighted by molar-refractivity contribution is 7.99. The fourth-order valence-corrected chi connectivity index (χ4v) is 4.19. The van der Waals surface area contributed by atoms with Crippen LogP contribution in [0.15, 0.2) is 44.8 Å². The van der Waals surface area contributed by atoms with Crippen LogP contribution in [0.5, 0.6) is 0 Å². The highest BCUT2D eigenvalue weighted by Gasteiger charge is 2.36. The van der Waals surface area contributed by atoms with Gasteiger partial charge in [0.2, 0.25) is 0 Å². The largest absolute Gasteiger partial charge is 0.417 e. The van der Waals surface area contributed by atoms with E-state index in [1.54, 1.807) is 0 Å². The van der Waals surface area contributed by atoms with E-state index >= 15 is 0 Å². The van der Waals surface area contributed by atoms with Crippen LogP contribution in [-0.2, 0) is 10.9 Å². The average Bonchev–Trinajstić information content (AvgIpc) is 2.68. The Morgan fingerprint density at radius 3 is 2.40 bits per heavy atom. The van der Waals surface area contributed by atoms with E-state index < -0.39 is 34.9 Å². The smallest absolute Gasteiger partial charge is 0.394 e. The highest BCUT2D eigenvalue weighted by Crippen LogP contribution is 2.45. The van der Waals surface area contributed by atoms with E-state index in [-0.39, 0.29) is 39.3 Å². The number of halogens is 4. The Kier molecular flexibility index (Phi) is 6.34. The maximum Gasteiger partial charge on any atom is 0.417 e. The number of aromatic amines is 2. The molecule has 30 heavy (non-hydrogen) atoms. The third-order valence-corrected chi connectivity index (χ3v) is 5.62. The van der Waals surface area contributed by atoms with Gasteiger partial charge in [-0.3, -0.25) is 9.78 Å². The number of benzene rings is 2. The van der Waals surface area contributed by atoms with Crippen LogP contribution in [0.25, 0.3) is 22.0 Å². The Labute approximate surface area is 170 Å². The van der Waals surface area contributed by atoms with Crippen LogP contribution in [0.4, 0.5) is 17.6 Å². The topological polar surface area (TPSA) is 95.2 Å². The fraction of sp³-hybridized carbons (Fsp3) is 0.263. The van der Waals surface area contributed by atoms with E-state index in [0.717, 1.165) is 23.9 Å². The number of nitrogens with one attached hydrogen (secondary N) is 2. The maximum atomic E-state index is 13.9. The standard InChI is InChI=1S/C19H16F4N2O4S/c1-29-11(7-26)8-30-16-14(9-2-4-10(20)5-3-9)13(19(21,22)23)6-12-15(16)24-18(28)25-17(12)27/h2-6,11,26H,7-8H2,1H3,(H2,24,25,27,28)/t11-/m1/s1. The molecule has 3 N–H and O–H groups in total. The summed E-state index contributed by atoms with van der Waals surface area (Å²) in [6.45, 7) is -0.386. The van der Waals surface area contributed by atoms with Crippen LogP contribution in [-0.4, -0.2) is 40.6 Å². The molecule has 3 rings (SSSR count). The summed E-state index contributed by atoms with van der Waals surface area (Å²) in [4.78, 5) is 28.3. The lowest BCUT2D eigenvalue weighted by molar-refractivity contribution is -0.137. The summed E-state index contributed by atoms with van der Waals surface area (Å²) in [5.41, 5.74) is -3.32. The van der Waals surface area contributed by atoms with Crippen LogP contribution in [0.3, 0.4) is 0 Å². The van der Waals surface area contributed by atoms with Gasteiger partial charge in [0.15, 0.2) is 0 Å². The quantitative estimate of drug-likeness (QED) is 0.401. The van der Waals surface area contributed by atoms with Crippen molar-refractivity contribution in [1.82, 2.24) is 9.97 Å². The number of aromatic nitrogens is 2. The number of ether oxygens (including phenoxy) is 1. The van der Waals surface area contributed by atoms with Crippen molar-refractivity contribution in [1.29, 1.82) is 0 Å². The molecule has 0 radical (unpaired) electrons. The van der Waals surface area contributed by atoms with E-state index in [4.69, 9.17) is 4.74 Å². The molecule has 11 heteroatoms. The van der Waals surface area contributed by atoms with Gasteiger partial charge in [-0.15, -0.1) is 11.8 Å². The minimum absolute atomic E-state index is 0.0342. The van der Waals surface area contributed by atoms with Crippen LogP contribution < -0.4 is 11.2 Å². The monoisotopic (exact) mass is 444 g/mol. The first-order valence-electron chi connectivity index (χ1n) is 8.58. The molecule has 160 valence electrons. The zero-order valence-corrected chi connectivity index (χ0v) is 16.3. The van der Waals surface area contributed by atoms with Gasteiger partial charge in [0.25, 0.3) is 5.56 Å². The Bertz CT molecular complexity index is 1170. The molecule has 0 saturated heterocycles. The number of aliphatic hydroxyl groups is 1. The molecule has 3 aromatic rings. The molecule has 1 heterocycles. The molecule has 0 aliphatic rings. The number of alkyl halides is 3. The summed E-state index contributed by atoms with van der Waals surface area (Å²) in [6.07, 6.45) is -5.54. The SMILES string of the molecule is CO[C@H](CO)CSc1c(-c2ccc(F)cc2)c(C(F)(F)F)cc2c(=O)[nH]c(=O)[nH]c12. The third-order valence-electron chi connectivity index (χ3n) is 4.38. The second kappa shape index (κ2) is 8.62. The van der Waals surface area contributed by atoms with Gasteiger partial charge in [-0.1, -0.05) is 12.1 Å². The predicted octanol–water partition coefficient (Wildman–Crippen LogP) is 3.14. The molecule has 1 atom stereocenters. The molecule has 0 unspecified atom stereocenters. The van der Waals surface area contributed by atoms with E-state index in [9.17, 15) is 32.3 Å². The number of H-pyrrole nitrogens is 2. The first-order chi connectivity index (χ1) is 14.2. The highest BCUT2D eigenvalue weighted by atomic mass is 32.2. The Morgan fingerprint density at radius 2 is 1.83 bits per heavy atom. The Hall–Kier alpha value is -2.63. The van der Waals surface area contributed by atoms with E-state index in [0.29, 0.717) is 6.07 Å². The van der Waals surface area contributed by atoms with Crippen molar-refractivity contribution in [3.05, 3.63) is 62.6 Å². The minimum atomic E-state index is -4.84. The van der Waals surface area contributed by atoms with Crippen molar-refractivity contribution in [2.75, 3.05) is 19.5 Å². The van der Waals surface area contributed by atoms with Crippen molar-refractivity contribution in [2.45, 2.75) is 17.2 Å². The maximum absolute atomic E-state index is 13.9. The normalized spacial score (nSPS) is 13.0. The molecule has 2 aromatic carbocycles. The van der Waals surface area contributed by atoms with Gasteiger partial charge in [-0.2, -0.15) is 13.2 Å². The Balaban J connectivity index is 2.41. The third kappa shape index (κ3) is 4.42. The number of fused-ring (bicyclic) bond motifs is 1. The first-order valence-corrected chi connectivity index (χ1v) is 9.57. The summed E-state index contributed by atoms with van der Waals surface area (Å²) in [5.74, 6) is -0.598. The molecular weight excluding hydrogens is 428 g/mol. The number of methoxy groups -OCH3 is 1. The number of hydrogen-bond donors (Lipinski definition) is 3. The summed E-state index contributed by atoms with van der Waals surface area (Å²) >= 11 is 0.879. The van der Waals surface area contributed by atoms with Gasteiger partial charge in [0, 0.05) is 23.3 Å². The van der Waals surface area contributed by atoms with Crippen LogP contribution in [0.1, 0.15) is 5.56 Å².